The van der Waals surface area contributed by atoms with Gasteiger partial charge in [-0.2, -0.15) is 0 Å². The lowest BCUT2D eigenvalue weighted by Gasteiger charge is -2.12. The Balaban J connectivity index is 1.57. The second kappa shape index (κ2) is 6.93. The molecule has 0 saturated carbocycles. The van der Waals surface area contributed by atoms with E-state index in [1.165, 1.54) is 5.56 Å². The Bertz CT molecular complexity index is 683. The van der Waals surface area contributed by atoms with E-state index in [0.29, 0.717) is 19.5 Å². The van der Waals surface area contributed by atoms with Crippen molar-refractivity contribution in [1.29, 1.82) is 0 Å². The number of hydrogen-bond donors (Lipinski definition) is 3. The van der Waals surface area contributed by atoms with Gasteiger partial charge in [0.1, 0.15) is 5.82 Å². The molecule has 3 N–H and O–H groups in total. The molecule has 122 valence electrons. The zero-order valence-corrected chi connectivity index (χ0v) is 13.2. The summed E-state index contributed by atoms with van der Waals surface area (Å²) >= 11 is 0. The van der Waals surface area contributed by atoms with Crippen molar-refractivity contribution in [2.45, 2.75) is 38.6 Å². The molecular weight excluding hydrogens is 292 g/mol. The van der Waals surface area contributed by atoms with Crippen molar-refractivity contribution in [3.63, 3.8) is 0 Å². The standard InChI is InChI=1S/C17H22N4O2/c1-12-18-5-6-21(12)11-14-4-2-3-13(7-14)9-20-17(23)16-8-15(22)10-19-16/h2-7,15-16,19,22H,8-11H2,1H3,(H,20,23). The van der Waals surface area contributed by atoms with Gasteiger partial charge in [-0.1, -0.05) is 24.3 Å². The van der Waals surface area contributed by atoms with Crippen molar-refractivity contribution in [3.05, 3.63) is 53.6 Å². The van der Waals surface area contributed by atoms with E-state index in [0.717, 1.165) is 17.9 Å². The fourth-order valence-corrected chi connectivity index (χ4v) is 2.83. The van der Waals surface area contributed by atoms with Crippen molar-refractivity contribution < 1.29 is 9.90 Å². The number of aromatic nitrogens is 2. The third kappa shape index (κ3) is 3.97. The Labute approximate surface area is 135 Å². The quantitative estimate of drug-likeness (QED) is 0.754. The normalized spacial score (nSPS) is 20.6. The molecule has 1 aliphatic rings. The van der Waals surface area contributed by atoms with Gasteiger partial charge in [0.15, 0.2) is 0 Å². The molecule has 3 rings (SSSR count). The maximum Gasteiger partial charge on any atom is 0.237 e. The molecular formula is C17H22N4O2. The molecule has 1 amide bonds. The molecule has 2 aromatic rings. The molecule has 1 saturated heterocycles. The van der Waals surface area contributed by atoms with Crippen LogP contribution in [-0.2, 0) is 17.9 Å². The number of carbonyl (C=O) groups excluding carboxylic acids is 1. The molecule has 6 heteroatoms. The largest absolute Gasteiger partial charge is 0.392 e. The van der Waals surface area contributed by atoms with Crippen molar-refractivity contribution in [2.75, 3.05) is 6.54 Å². The molecule has 0 bridgehead atoms. The van der Waals surface area contributed by atoms with E-state index >= 15 is 0 Å². The number of nitrogens with one attached hydrogen (secondary N) is 2. The van der Waals surface area contributed by atoms with Gasteiger partial charge in [0.25, 0.3) is 0 Å². The van der Waals surface area contributed by atoms with Gasteiger partial charge < -0.3 is 20.3 Å². The predicted molar refractivity (Wildman–Crippen MR) is 86.8 cm³/mol. The number of β-amino-alcohol motifs (C(OH)–C–C–N with tert-alkyl or cyclic N) is 1. The molecule has 2 atom stereocenters. The van der Waals surface area contributed by atoms with E-state index in [1.54, 1.807) is 6.20 Å². The summed E-state index contributed by atoms with van der Waals surface area (Å²) < 4.78 is 2.08. The summed E-state index contributed by atoms with van der Waals surface area (Å²) in [4.78, 5) is 16.3. The summed E-state index contributed by atoms with van der Waals surface area (Å²) in [5.41, 5.74) is 2.24. The van der Waals surface area contributed by atoms with Crippen LogP contribution in [0.15, 0.2) is 36.7 Å². The van der Waals surface area contributed by atoms with Gasteiger partial charge in [0.05, 0.1) is 12.1 Å². The number of carbonyl (C=O) groups is 1. The van der Waals surface area contributed by atoms with Crippen molar-refractivity contribution in [1.82, 2.24) is 20.2 Å². The first kappa shape index (κ1) is 15.7. The summed E-state index contributed by atoms with van der Waals surface area (Å²) in [5, 5.41) is 15.4. The SMILES string of the molecule is Cc1nccn1Cc1cccc(CNC(=O)C2CC(O)CN2)c1. The summed E-state index contributed by atoms with van der Waals surface area (Å²) in [6.45, 7) is 3.72. The average Bonchev–Trinajstić information content (AvgIpc) is 3.15. The topological polar surface area (TPSA) is 79.2 Å². The number of nitrogens with zero attached hydrogens (tertiary/aromatic N) is 2. The summed E-state index contributed by atoms with van der Waals surface area (Å²) in [6, 6.07) is 7.88. The lowest BCUT2D eigenvalue weighted by atomic mass is 10.1. The minimum absolute atomic E-state index is 0.0580. The molecule has 1 aromatic heterocycles. The molecule has 0 spiro atoms. The molecule has 6 nitrogen and oxygen atoms in total. The van der Waals surface area contributed by atoms with Crippen molar-refractivity contribution in [3.8, 4) is 0 Å². The zero-order valence-electron chi connectivity index (χ0n) is 13.2. The Hall–Kier alpha value is -2.18. The lowest BCUT2D eigenvalue weighted by molar-refractivity contribution is -0.123. The first-order chi connectivity index (χ1) is 11.1. The lowest BCUT2D eigenvalue weighted by Crippen LogP contribution is -2.40. The molecule has 2 unspecified atom stereocenters. The highest BCUT2D eigenvalue weighted by atomic mass is 16.3. The minimum Gasteiger partial charge on any atom is -0.392 e. The summed E-state index contributed by atoms with van der Waals surface area (Å²) in [7, 11) is 0. The van der Waals surface area contributed by atoms with Crippen LogP contribution >= 0.6 is 0 Å². The van der Waals surface area contributed by atoms with E-state index in [2.05, 4.69) is 32.3 Å². The van der Waals surface area contributed by atoms with Crippen molar-refractivity contribution >= 4 is 5.91 Å². The number of aliphatic hydroxyl groups is 1. The van der Waals surface area contributed by atoms with Gasteiger partial charge in [0.2, 0.25) is 5.91 Å². The molecule has 23 heavy (non-hydrogen) atoms. The summed E-state index contributed by atoms with van der Waals surface area (Å²) in [6.07, 6.45) is 3.81. The third-order valence-electron chi connectivity index (χ3n) is 4.16. The molecule has 1 aromatic carbocycles. The van der Waals surface area contributed by atoms with Gasteiger partial charge in [-0.05, 0) is 24.5 Å². The second-order valence-electron chi connectivity index (χ2n) is 5.99. The van der Waals surface area contributed by atoms with Crippen LogP contribution in [0.25, 0.3) is 0 Å². The Morgan fingerprint density at radius 1 is 1.48 bits per heavy atom. The van der Waals surface area contributed by atoms with Crippen LogP contribution in [0.2, 0.25) is 0 Å². The van der Waals surface area contributed by atoms with Crippen LogP contribution < -0.4 is 10.6 Å². The Morgan fingerprint density at radius 3 is 3.00 bits per heavy atom. The van der Waals surface area contributed by atoms with E-state index in [-0.39, 0.29) is 11.9 Å². The smallest absolute Gasteiger partial charge is 0.237 e. The highest BCUT2D eigenvalue weighted by molar-refractivity contribution is 5.82. The Morgan fingerprint density at radius 2 is 2.30 bits per heavy atom. The fraction of sp³-hybridized carbons (Fsp3) is 0.412. The average molecular weight is 314 g/mol. The van der Waals surface area contributed by atoms with Crippen LogP contribution in [0, 0.1) is 6.92 Å². The first-order valence-electron chi connectivity index (χ1n) is 7.86. The van der Waals surface area contributed by atoms with Crippen LogP contribution in [-0.4, -0.2) is 39.3 Å². The van der Waals surface area contributed by atoms with Crippen LogP contribution in [0.1, 0.15) is 23.4 Å². The van der Waals surface area contributed by atoms with Crippen molar-refractivity contribution in [2.24, 2.45) is 0 Å². The van der Waals surface area contributed by atoms with Gasteiger partial charge in [-0.25, -0.2) is 4.98 Å². The third-order valence-corrected chi connectivity index (χ3v) is 4.16. The van der Waals surface area contributed by atoms with E-state index in [9.17, 15) is 9.90 Å². The maximum absolute atomic E-state index is 12.1. The first-order valence-corrected chi connectivity index (χ1v) is 7.86. The van der Waals surface area contributed by atoms with E-state index < -0.39 is 6.10 Å². The van der Waals surface area contributed by atoms with Gasteiger partial charge in [-0.3, -0.25) is 4.79 Å². The summed E-state index contributed by atoms with van der Waals surface area (Å²) in [5.74, 6) is 0.923. The highest BCUT2D eigenvalue weighted by Crippen LogP contribution is 2.10. The number of amides is 1. The number of benzene rings is 1. The maximum atomic E-state index is 12.1. The number of rotatable bonds is 5. The number of imidazole rings is 1. The van der Waals surface area contributed by atoms with Gasteiger partial charge in [0, 0.05) is 32.0 Å². The monoisotopic (exact) mass is 314 g/mol. The fourth-order valence-electron chi connectivity index (χ4n) is 2.83. The second-order valence-corrected chi connectivity index (χ2v) is 5.99. The number of aliphatic hydroxyl groups excluding tert-OH is 1. The van der Waals surface area contributed by atoms with E-state index in [1.807, 2.05) is 25.3 Å². The Kier molecular flexibility index (Phi) is 4.73. The van der Waals surface area contributed by atoms with Gasteiger partial charge >= 0.3 is 0 Å². The predicted octanol–water partition coefficient (Wildman–Crippen LogP) is 0.579. The van der Waals surface area contributed by atoms with Crippen LogP contribution in [0.3, 0.4) is 0 Å². The molecule has 1 fully saturated rings. The highest BCUT2D eigenvalue weighted by Gasteiger charge is 2.27. The molecule has 1 aliphatic heterocycles. The number of hydrogen-bond acceptors (Lipinski definition) is 4. The van der Waals surface area contributed by atoms with Gasteiger partial charge in [-0.15, -0.1) is 0 Å². The zero-order chi connectivity index (χ0) is 16.2. The minimum atomic E-state index is -0.424. The van der Waals surface area contributed by atoms with E-state index in [4.69, 9.17) is 0 Å². The molecule has 0 aliphatic carbocycles. The molecule has 0 radical (unpaired) electrons. The van der Waals surface area contributed by atoms with Crippen LogP contribution in [0.5, 0.6) is 0 Å². The number of aryl methyl sites for hydroxylation is 1. The molecule has 2 heterocycles. The van der Waals surface area contributed by atoms with Crippen LogP contribution in [0.4, 0.5) is 0 Å².